The van der Waals surface area contributed by atoms with Crippen molar-refractivity contribution in [2.45, 2.75) is 66.8 Å². The molecule has 0 saturated heterocycles. The first kappa shape index (κ1) is 17.5. The zero-order valence-electron chi connectivity index (χ0n) is 13.6. The van der Waals surface area contributed by atoms with E-state index in [1.807, 2.05) is 0 Å². The highest BCUT2D eigenvalue weighted by molar-refractivity contribution is 5.01. The summed E-state index contributed by atoms with van der Waals surface area (Å²) in [5.74, 6) is 4.12. The van der Waals surface area contributed by atoms with Crippen molar-refractivity contribution < 1.29 is 0 Å². The van der Waals surface area contributed by atoms with Crippen LogP contribution >= 0.6 is 0 Å². The van der Waals surface area contributed by atoms with Gasteiger partial charge in [0.15, 0.2) is 0 Å². The molecule has 0 amide bonds. The molecule has 18 heavy (non-hydrogen) atoms. The summed E-state index contributed by atoms with van der Waals surface area (Å²) in [7, 11) is 2.16. The molecule has 1 nitrogen and oxygen atoms in total. The molecule has 2 unspecified atom stereocenters. The van der Waals surface area contributed by atoms with Gasteiger partial charge in [-0.25, -0.2) is 0 Å². The molecule has 0 spiro atoms. The molecule has 106 valence electrons. The van der Waals surface area contributed by atoms with Crippen molar-refractivity contribution in [1.29, 1.82) is 0 Å². The summed E-state index contributed by atoms with van der Waals surface area (Å²) in [5.41, 5.74) is 0.403. The number of hydrogen-bond donors (Lipinski definition) is 0. The molecule has 2 atom stereocenters. The predicted molar refractivity (Wildman–Crippen MR) is 82.6 cm³/mol. The van der Waals surface area contributed by atoms with Crippen LogP contribution < -0.4 is 0 Å². The molecule has 0 aliphatic heterocycles. The SMILES string of the molecule is C#CC(C(C)C)N(C)CC(C)C(C)(C)CCCC. The Bertz CT molecular complexity index is 259. The van der Waals surface area contributed by atoms with Gasteiger partial charge in [0, 0.05) is 6.54 Å². The second kappa shape index (κ2) is 7.85. The molecule has 0 saturated carbocycles. The third-order valence-corrected chi connectivity index (χ3v) is 4.35. The van der Waals surface area contributed by atoms with E-state index in [0.29, 0.717) is 17.3 Å². The van der Waals surface area contributed by atoms with Crippen LogP contribution in [0.15, 0.2) is 0 Å². The first-order chi connectivity index (χ1) is 8.26. The Morgan fingerprint density at radius 2 is 1.78 bits per heavy atom. The molecule has 1 heteroatoms. The molecular weight excluding hydrogens is 218 g/mol. The van der Waals surface area contributed by atoms with Crippen LogP contribution in [0.2, 0.25) is 0 Å². The van der Waals surface area contributed by atoms with Crippen molar-refractivity contribution in [1.82, 2.24) is 4.90 Å². The van der Waals surface area contributed by atoms with Gasteiger partial charge < -0.3 is 0 Å². The third-order valence-electron chi connectivity index (χ3n) is 4.35. The first-order valence-electron chi connectivity index (χ1n) is 7.42. The quantitative estimate of drug-likeness (QED) is 0.577. The summed E-state index contributed by atoms with van der Waals surface area (Å²) in [4.78, 5) is 2.35. The number of hydrogen-bond acceptors (Lipinski definition) is 1. The molecule has 0 fully saturated rings. The molecule has 0 heterocycles. The Morgan fingerprint density at radius 3 is 2.17 bits per heavy atom. The van der Waals surface area contributed by atoms with Gasteiger partial charge in [-0.15, -0.1) is 6.42 Å². The molecule has 0 aromatic carbocycles. The molecule has 0 N–H and O–H groups in total. The molecule has 0 rings (SSSR count). The van der Waals surface area contributed by atoms with Crippen LogP contribution in [0.25, 0.3) is 0 Å². The van der Waals surface area contributed by atoms with Gasteiger partial charge >= 0.3 is 0 Å². The fourth-order valence-electron chi connectivity index (χ4n) is 2.50. The summed E-state index contributed by atoms with van der Waals surface area (Å²) in [6, 6.07) is 0.259. The van der Waals surface area contributed by atoms with Crippen molar-refractivity contribution in [3.8, 4) is 12.3 Å². The Morgan fingerprint density at radius 1 is 1.22 bits per heavy atom. The second-order valence-corrected chi connectivity index (χ2v) is 6.79. The lowest BCUT2D eigenvalue weighted by molar-refractivity contribution is 0.128. The average molecular weight is 251 g/mol. The summed E-state index contributed by atoms with van der Waals surface area (Å²) in [6.07, 6.45) is 9.56. The van der Waals surface area contributed by atoms with E-state index >= 15 is 0 Å². The largest absolute Gasteiger partial charge is 0.292 e. The van der Waals surface area contributed by atoms with E-state index in [1.165, 1.54) is 19.3 Å². The van der Waals surface area contributed by atoms with Crippen LogP contribution in [0.4, 0.5) is 0 Å². The molecular formula is C17H33N. The Hall–Kier alpha value is -0.480. The molecule has 0 bridgehead atoms. The van der Waals surface area contributed by atoms with Crippen molar-refractivity contribution in [3.63, 3.8) is 0 Å². The zero-order valence-corrected chi connectivity index (χ0v) is 13.6. The number of rotatable bonds is 8. The number of terminal acetylenes is 1. The molecule has 0 aliphatic carbocycles. The minimum absolute atomic E-state index is 0.259. The maximum absolute atomic E-state index is 5.65. The van der Waals surface area contributed by atoms with Crippen molar-refractivity contribution in [3.05, 3.63) is 0 Å². The summed E-state index contributed by atoms with van der Waals surface area (Å²) in [6.45, 7) is 14.9. The highest BCUT2D eigenvalue weighted by atomic mass is 15.1. The van der Waals surface area contributed by atoms with Gasteiger partial charge in [-0.05, 0) is 30.7 Å². The minimum Gasteiger partial charge on any atom is -0.292 e. The van der Waals surface area contributed by atoms with Crippen LogP contribution in [0.5, 0.6) is 0 Å². The van der Waals surface area contributed by atoms with Gasteiger partial charge in [0.05, 0.1) is 6.04 Å². The van der Waals surface area contributed by atoms with E-state index in [-0.39, 0.29) is 6.04 Å². The standard InChI is InChI=1S/C17H33N/c1-9-11-12-17(6,7)15(5)13-18(8)16(10-2)14(3)4/h2,14-16H,9,11-13H2,1,3-8H3. The van der Waals surface area contributed by atoms with Gasteiger partial charge in [0.25, 0.3) is 0 Å². The van der Waals surface area contributed by atoms with E-state index in [0.717, 1.165) is 6.54 Å². The number of unbranched alkanes of at least 4 members (excludes halogenated alkanes) is 1. The highest BCUT2D eigenvalue weighted by Crippen LogP contribution is 2.33. The predicted octanol–water partition coefficient (Wildman–Crippen LogP) is 4.43. The van der Waals surface area contributed by atoms with Crippen molar-refractivity contribution >= 4 is 0 Å². The van der Waals surface area contributed by atoms with Gasteiger partial charge in [0.1, 0.15) is 0 Å². The van der Waals surface area contributed by atoms with E-state index in [9.17, 15) is 0 Å². The van der Waals surface area contributed by atoms with Gasteiger partial charge in [-0.2, -0.15) is 0 Å². The maximum atomic E-state index is 5.65. The van der Waals surface area contributed by atoms with E-state index in [2.05, 4.69) is 59.4 Å². The van der Waals surface area contributed by atoms with Gasteiger partial charge in [0.2, 0.25) is 0 Å². The van der Waals surface area contributed by atoms with Crippen LogP contribution in [-0.2, 0) is 0 Å². The monoisotopic (exact) mass is 251 g/mol. The second-order valence-electron chi connectivity index (χ2n) is 6.79. The van der Waals surface area contributed by atoms with Crippen LogP contribution in [-0.4, -0.2) is 24.5 Å². The molecule has 0 radical (unpaired) electrons. The first-order valence-corrected chi connectivity index (χ1v) is 7.42. The Balaban J connectivity index is 4.46. The molecule has 0 aromatic rings. The minimum atomic E-state index is 0.259. The zero-order chi connectivity index (χ0) is 14.3. The van der Waals surface area contributed by atoms with Crippen LogP contribution in [0.3, 0.4) is 0 Å². The lowest BCUT2D eigenvalue weighted by Gasteiger charge is -2.37. The van der Waals surface area contributed by atoms with Crippen LogP contribution in [0, 0.1) is 29.6 Å². The highest BCUT2D eigenvalue weighted by Gasteiger charge is 2.28. The Labute approximate surface area is 115 Å². The topological polar surface area (TPSA) is 3.24 Å². The molecule has 0 aliphatic rings. The smallest absolute Gasteiger partial charge is 0.0732 e. The van der Waals surface area contributed by atoms with Crippen molar-refractivity contribution in [2.75, 3.05) is 13.6 Å². The van der Waals surface area contributed by atoms with Gasteiger partial charge in [-0.1, -0.05) is 60.3 Å². The normalized spacial score (nSPS) is 15.8. The maximum Gasteiger partial charge on any atom is 0.0732 e. The van der Waals surface area contributed by atoms with E-state index in [1.54, 1.807) is 0 Å². The average Bonchev–Trinajstić information content (AvgIpc) is 2.26. The van der Waals surface area contributed by atoms with E-state index < -0.39 is 0 Å². The third kappa shape index (κ3) is 5.44. The summed E-state index contributed by atoms with van der Waals surface area (Å²) < 4.78 is 0. The van der Waals surface area contributed by atoms with E-state index in [4.69, 9.17) is 6.42 Å². The summed E-state index contributed by atoms with van der Waals surface area (Å²) >= 11 is 0. The Kier molecular flexibility index (Phi) is 7.64. The lowest BCUT2D eigenvalue weighted by atomic mass is 9.75. The number of nitrogens with zero attached hydrogens (tertiary/aromatic N) is 1. The fraction of sp³-hybridized carbons (Fsp3) is 0.882. The molecule has 0 aromatic heterocycles. The van der Waals surface area contributed by atoms with Crippen LogP contribution in [0.1, 0.15) is 60.8 Å². The summed E-state index contributed by atoms with van der Waals surface area (Å²) in [5, 5.41) is 0. The fourth-order valence-corrected chi connectivity index (χ4v) is 2.50. The van der Waals surface area contributed by atoms with Gasteiger partial charge in [-0.3, -0.25) is 4.90 Å². The van der Waals surface area contributed by atoms with Crippen molar-refractivity contribution in [2.24, 2.45) is 17.3 Å². The lowest BCUT2D eigenvalue weighted by Crippen LogP contribution is -2.40.